The number of thiophene rings is 1. The first-order chi connectivity index (χ1) is 7.65. The van der Waals surface area contributed by atoms with Crippen molar-refractivity contribution >= 4 is 39.6 Å². The lowest BCUT2D eigenvalue weighted by atomic mass is 9.89. The molecule has 4 N–H and O–H groups in total. The number of hydrogen-bond acceptors (Lipinski definition) is 3. The molecular weight excluding hydrogens is 238 g/mol. The van der Waals surface area contributed by atoms with Crippen molar-refractivity contribution in [1.29, 1.82) is 0 Å². The highest BCUT2D eigenvalue weighted by atomic mass is 32.1. The summed E-state index contributed by atoms with van der Waals surface area (Å²) in [5, 5.41) is 1.17. The molecule has 0 fully saturated rings. The van der Waals surface area contributed by atoms with Crippen molar-refractivity contribution in [1.82, 2.24) is 4.98 Å². The van der Waals surface area contributed by atoms with Gasteiger partial charge in [0.1, 0.15) is 5.39 Å². The number of aryl methyl sites for hydroxylation is 1. The molecule has 2 aromatic rings. The van der Waals surface area contributed by atoms with Gasteiger partial charge in [0.05, 0.1) is 0 Å². The van der Waals surface area contributed by atoms with Crippen LogP contribution < -0.4 is 10.7 Å². The number of hydrogen-bond donors (Lipinski definition) is 2. The highest BCUT2D eigenvalue weighted by Gasteiger charge is 2.24. The molecule has 1 atom stereocenters. The van der Waals surface area contributed by atoms with E-state index in [0.717, 1.165) is 17.2 Å². The summed E-state index contributed by atoms with van der Waals surface area (Å²) >= 11 is 6.91. The summed E-state index contributed by atoms with van der Waals surface area (Å²) in [7, 11) is 0. The van der Waals surface area contributed by atoms with Crippen LogP contribution in [0.2, 0.25) is 0 Å². The molecule has 2 heterocycles. The summed E-state index contributed by atoms with van der Waals surface area (Å²) in [6, 6.07) is 0. The molecule has 1 aliphatic rings. The van der Waals surface area contributed by atoms with E-state index in [1.165, 1.54) is 28.7 Å². The number of H-pyrrole nitrogens is 2. The molecule has 0 aliphatic heterocycles. The Morgan fingerprint density at radius 2 is 2.38 bits per heavy atom. The molecule has 0 radical (unpaired) electrons. The average Bonchev–Trinajstić information content (AvgIpc) is 2.54. The molecule has 16 heavy (non-hydrogen) atoms. The van der Waals surface area contributed by atoms with Gasteiger partial charge in [0.25, 0.3) is 0 Å². The van der Waals surface area contributed by atoms with Crippen molar-refractivity contribution in [3.8, 4) is 0 Å². The number of nitrogens with two attached hydrogens (primary N) is 1. The Hall–Kier alpha value is -0.940. The number of anilines is 1. The highest BCUT2D eigenvalue weighted by molar-refractivity contribution is 7.71. The lowest BCUT2D eigenvalue weighted by molar-refractivity contribution is -0.355. The molecule has 0 bridgehead atoms. The zero-order valence-electron chi connectivity index (χ0n) is 9.09. The van der Waals surface area contributed by atoms with Crippen molar-refractivity contribution < 1.29 is 4.98 Å². The second kappa shape index (κ2) is 3.53. The van der Waals surface area contributed by atoms with Crippen molar-refractivity contribution in [3.63, 3.8) is 0 Å². The van der Waals surface area contributed by atoms with Crippen LogP contribution in [0.3, 0.4) is 0 Å². The quantitative estimate of drug-likeness (QED) is 0.708. The number of aromatic nitrogens is 2. The Bertz CT molecular complexity index is 611. The summed E-state index contributed by atoms with van der Waals surface area (Å²) < 4.78 is 0.608. The minimum Gasteiger partial charge on any atom is -0.366 e. The van der Waals surface area contributed by atoms with Crippen LogP contribution in [-0.4, -0.2) is 4.98 Å². The van der Waals surface area contributed by atoms with Gasteiger partial charge in [0.2, 0.25) is 5.82 Å². The second-order valence-corrected chi connectivity index (χ2v) is 6.06. The molecule has 84 valence electrons. The molecule has 3 rings (SSSR count). The van der Waals surface area contributed by atoms with Crippen LogP contribution in [0.4, 0.5) is 5.82 Å². The first-order valence-corrected chi connectivity index (χ1v) is 6.73. The maximum absolute atomic E-state index is 6.04. The van der Waals surface area contributed by atoms with Crippen LogP contribution >= 0.6 is 23.6 Å². The fourth-order valence-corrected chi connectivity index (χ4v) is 3.99. The molecule has 3 nitrogen and oxygen atoms in total. The maximum Gasteiger partial charge on any atom is 0.349 e. The minimum absolute atomic E-state index is 0.608. The minimum atomic E-state index is 0.608. The lowest BCUT2D eigenvalue weighted by Crippen LogP contribution is -2.11. The number of rotatable bonds is 0. The fourth-order valence-electron chi connectivity index (χ4n) is 2.45. The Kier molecular flexibility index (Phi) is 2.26. The number of nitrogens with one attached hydrogen (secondary N) is 2. The second-order valence-electron chi connectivity index (χ2n) is 4.55. The average molecular weight is 252 g/mol. The standard InChI is InChI=1S/C11H13N3S2/c1-5-2-3-7-6(4-5)8-9(12)13-11(15)14-10(8)16-7/h5H,2-4H2,1H3,(H3,12,13,14,15)/p+1. The number of fused-ring (bicyclic) bond motifs is 3. The molecule has 1 unspecified atom stereocenters. The van der Waals surface area contributed by atoms with Crippen LogP contribution in [0.15, 0.2) is 0 Å². The van der Waals surface area contributed by atoms with Gasteiger partial charge in [-0.3, -0.25) is 0 Å². The molecular formula is C11H14N3S2+. The summed E-state index contributed by atoms with van der Waals surface area (Å²) in [6.45, 7) is 2.30. The van der Waals surface area contributed by atoms with Crippen LogP contribution in [0, 0.1) is 10.7 Å². The lowest BCUT2D eigenvalue weighted by Gasteiger charge is -2.17. The Labute approximate surface area is 103 Å². The third-order valence-electron chi connectivity index (χ3n) is 3.25. The summed E-state index contributed by atoms with van der Waals surface area (Å²) in [4.78, 5) is 8.81. The van der Waals surface area contributed by atoms with Crippen molar-refractivity contribution in [2.75, 3.05) is 5.73 Å². The SMILES string of the molecule is CC1CCc2sc3[nH+]c(=S)[nH]c(N)c3c2C1. The van der Waals surface area contributed by atoms with Gasteiger partial charge in [0.15, 0.2) is 4.83 Å². The van der Waals surface area contributed by atoms with Crippen molar-refractivity contribution in [2.24, 2.45) is 5.92 Å². The first-order valence-electron chi connectivity index (χ1n) is 5.50. The van der Waals surface area contributed by atoms with E-state index in [0.29, 0.717) is 10.6 Å². The molecule has 0 aromatic carbocycles. The fraction of sp³-hybridized carbons (Fsp3) is 0.455. The zero-order chi connectivity index (χ0) is 11.3. The van der Waals surface area contributed by atoms with Crippen LogP contribution in [0.25, 0.3) is 10.2 Å². The Balaban J connectivity index is 2.35. The van der Waals surface area contributed by atoms with E-state index in [2.05, 4.69) is 16.9 Å². The first kappa shape index (κ1) is 10.2. The topological polar surface area (TPSA) is 56.0 Å². The normalized spacial score (nSPS) is 19.9. The van der Waals surface area contributed by atoms with Crippen molar-refractivity contribution in [3.05, 3.63) is 15.2 Å². The largest absolute Gasteiger partial charge is 0.366 e. The van der Waals surface area contributed by atoms with Gasteiger partial charge < -0.3 is 5.73 Å². The molecule has 0 saturated carbocycles. The third-order valence-corrected chi connectivity index (χ3v) is 4.66. The Morgan fingerprint density at radius 1 is 1.56 bits per heavy atom. The maximum atomic E-state index is 6.04. The van der Waals surface area contributed by atoms with Gasteiger partial charge in [-0.1, -0.05) is 18.3 Å². The van der Waals surface area contributed by atoms with Gasteiger partial charge in [-0.2, -0.15) is 0 Å². The van der Waals surface area contributed by atoms with E-state index in [9.17, 15) is 0 Å². The number of nitrogen functional groups attached to an aromatic ring is 1. The van der Waals surface area contributed by atoms with Crippen LogP contribution in [0.5, 0.6) is 0 Å². The van der Waals surface area contributed by atoms with Crippen molar-refractivity contribution in [2.45, 2.75) is 26.2 Å². The molecule has 0 saturated heterocycles. The Morgan fingerprint density at radius 3 is 3.19 bits per heavy atom. The predicted octanol–water partition coefficient (Wildman–Crippen LogP) is 2.48. The van der Waals surface area contributed by atoms with E-state index in [1.807, 2.05) is 11.3 Å². The zero-order valence-corrected chi connectivity index (χ0v) is 10.7. The van der Waals surface area contributed by atoms with E-state index in [1.54, 1.807) is 0 Å². The van der Waals surface area contributed by atoms with Gasteiger partial charge in [-0.05, 0) is 30.7 Å². The highest BCUT2D eigenvalue weighted by Crippen LogP contribution is 2.37. The van der Waals surface area contributed by atoms with Crippen LogP contribution in [0.1, 0.15) is 23.8 Å². The van der Waals surface area contributed by atoms with Gasteiger partial charge in [-0.25, -0.2) is 9.97 Å². The molecule has 1 aliphatic carbocycles. The predicted molar refractivity (Wildman–Crippen MR) is 69.2 cm³/mol. The van der Waals surface area contributed by atoms with Gasteiger partial charge in [0, 0.05) is 17.1 Å². The van der Waals surface area contributed by atoms with E-state index >= 15 is 0 Å². The molecule has 5 heteroatoms. The summed E-state index contributed by atoms with van der Waals surface area (Å²) in [6.07, 6.45) is 3.60. The number of aromatic amines is 2. The molecule has 0 amide bonds. The third kappa shape index (κ3) is 1.46. The van der Waals surface area contributed by atoms with Gasteiger partial charge >= 0.3 is 4.77 Å². The van der Waals surface area contributed by atoms with E-state index in [-0.39, 0.29) is 0 Å². The monoisotopic (exact) mass is 252 g/mol. The molecule has 2 aromatic heterocycles. The van der Waals surface area contributed by atoms with E-state index in [4.69, 9.17) is 18.0 Å². The van der Waals surface area contributed by atoms with Crippen LogP contribution in [-0.2, 0) is 12.8 Å². The summed E-state index contributed by atoms with van der Waals surface area (Å²) in [5.41, 5.74) is 7.46. The van der Waals surface area contributed by atoms with Gasteiger partial charge in [-0.15, -0.1) is 0 Å². The smallest absolute Gasteiger partial charge is 0.349 e. The summed E-state index contributed by atoms with van der Waals surface area (Å²) in [5.74, 6) is 1.47. The van der Waals surface area contributed by atoms with E-state index < -0.39 is 0 Å². The molecule has 0 spiro atoms.